The van der Waals surface area contributed by atoms with E-state index in [-0.39, 0.29) is 17.7 Å². The molecule has 2 amide bonds. The average molecular weight is 352 g/mol. The second-order valence-electron chi connectivity index (χ2n) is 7.43. The van der Waals surface area contributed by atoms with Gasteiger partial charge in [0.1, 0.15) is 0 Å². The van der Waals surface area contributed by atoms with Gasteiger partial charge in [0.25, 0.3) is 5.91 Å². The van der Waals surface area contributed by atoms with Gasteiger partial charge in [-0.15, -0.1) is 0 Å². The summed E-state index contributed by atoms with van der Waals surface area (Å²) in [4.78, 5) is 26.8. The largest absolute Gasteiger partial charge is 0.321 e. The van der Waals surface area contributed by atoms with E-state index in [1.807, 2.05) is 36.9 Å². The van der Waals surface area contributed by atoms with Gasteiger partial charge in [0.2, 0.25) is 5.91 Å². The number of aryl methyl sites for hydroxylation is 1. The lowest BCUT2D eigenvalue weighted by Gasteiger charge is -2.19. The van der Waals surface area contributed by atoms with Crippen LogP contribution in [0.25, 0.3) is 0 Å². The van der Waals surface area contributed by atoms with Crippen LogP contribution in [0.5, 0.6) is 0 Å². The second-order valence-corrected chi connectivity index (χ2v) is 7.43. The predicted octanol–water partition coefficient (Wildman–Crippen LogP) is 3.09. The third-order valence-corrected chi connectivity index (χ3v) is 5.26. The Kier molecular flexibility index (Phi) is 4.26. The first-order valence-corrected chi connectivity index (χ1v) is 9.36. The van der Waals surface area contributed by atoms with Crippen molar-refractivity contribution < 1.29 is 9.59 Å². The van der Waals surface area contributed by atoms with Crippen LogP contribution in [-0.2, 0) is 24.1 Å². The summed E-state index contributed by atoms with van der Waals surface area (Å²) >= 11 is 0. The summed E-state index contributed by atoms with van der Waals surface area (Å²) < 4.78 is 0. The van der Waals surface area contributed by atoms with E-state index >= 15 is 0 Å². The molecule has 0 unspecified atom stereocenters. The minimum Gasteiger partial charge on any atom is -0.321 e. The van der Waals surface area contributed by atoms with E-state index < -0.39 is 0 Å². The molecule has 1 aromatic carbocycles. The first-order chi connectivity index (χ1) is 12.5. The highest BCUT2D eigenvalue weighted by Gasteiger charge is 2.27. The number of H-pyrrole nitrogens is 1. The van der Waals surface area contributed by atoms with E-state index in [1.165, 1.54) is 0 Å². The highest BCUT2D eigenvalue weighted by molar-refractivity contribution is 6.04. The Hall–Kier alpha value is -2.63. The summed E-state index contributed by atoms with van der Waals surface area (Å²) in [5.74, 6) is -0.0488. The van der Waals surface area contributed by atoms with Crippen molar-refractivity contribution in [3.63, 3.8) is 0 Å². The van der Waals surface area contributed by atoms with Crippen LogP contribution in [0, 0.1) is 5.92 Å². The zero-order chi connectivity index (χ0) is 18.3. The number of benzene rings is 1. The van der Waals surface area contributed by atoms with Crippen LogP contribution in [-0.4, -0.2) is 28.6 Å². The van der Waals surface area contributed by atoms with Crippen molar-refractivity contribution in [1.82, 2.24) is 10.2 Å². The van der Waals surface area contributed by atoms with Crippen LogP contribution in [0.15, 0.2) is 18.2 Å². The van der Waals surface area contributed by atoms with Crippen molar-refractivity contribution in [1.29, 1.82) is 0 Å². The fourth-order valence-electron chi connectivity index (χ4n) is 3.88. The summed E-state index contributed by atoms with van der Waals surface area (Å²) in [5, 5.41) is 10.2. The van der Waals surface area contributed by atoms with Gasteiger partial charge in [-0.2, -0.15) is 5.10 Å². The minimum absolute atomic E-state index is 0.0221. The molecule has 0 fully saturated rings. The molecule has 2 heterocycles. The number of hydrogen-bond donors (Lipinski definition) is 2. The van der Waals surface area contributed by atoms with Gasteiger partial charge >= 0.3 is 0 Å². The summed E-state index contributed by atoms with van der Waals surface area (Å²) in [6.45, 7) is 4.54. The number of amides is 2. The van der Waals surface area contributed by atoms with Crippen molar-refractivity contribution >= 4 is 23.2 Å². The maximum atomic E-state index is 12.7. The van der Waals surface area contributed by atoms with Crippen molar-refractivity contribution in [2.75, 3.05) is 16.8 Å². The third-order valence-electron chi connectivity index (χ3n) is 5.26. The zero-order valence-corrected chi connectivity index (χ0v) is 15.3. The molecule has 0 saturated carbocycles. The Morgan fingerprint density at radius 2 is 2.00 bits per heavy atom. The SMILES string of the molecule is CC(C)C(=O)N1CCc2cc(NC(=O)c3n[nH]c4c3CCCC4)ccc21. The normalized spacial score (nSPS) is 15.7. The van der Waals surface area contributed by atoms with Crippen LogP contribution in [0.3, 0.4) is 0 Å². The average Bonchev–Trinajstić information content (AvgIpc) is 3.24. The lowest BCUT2D eigenvalue weighted by molar-refractivity contribution is -0.121. The molecule has 1 aliphatic heterocycles. The van der Waals surface area contributed by atoms with E-state index in [9.17, 15) is 9.59 Å². The smallest absolute Gasteiger partial charge is 0.276 e. The molecule has 0 atom stereocenters. The van der Waals surface area contributed by atoms with Crippen LogP contribution in [0.1, 0.15) is 54.0 Å². The molecule has 1 aliphatic carbocycles. The maximum absolute atomic E-state index is 12.7. The number of carbonyl (C=O) groups excluding carboxylic acids is 2. The summed E-state index contributed by atoms with van der Waals surface area (Å²) in [6.07, 6.45) is 4.94. The Labute approximate surface area is 153 Å². The monoisotopic (exact) mass is 352 g/mol. The molecule has 6 nitrogen and oxygen atoms in total. The van der Waals surface area contributed by atoms with Crippen LogP contribution >= 0.6 is 0 Å². The first-order valence-electron chi connectivity index (χ1n) is 9.36. The summed E-state index contributed by atoms with van der Waals surface area (Å²) in [6, 6.07) is 5.76. The summed E-state index contributed by atoms with van der Waals surface area (Å²) in [5.41, 5.74) is 5.47. The number of hydrogen-bond acceptors (Lipinski definition) is 3. The fraction of sp³-hybridized carbons (Fsp3) is 0.450. The number of carbonyl (C=O) groups is 2. The lowest BCUT2D eigenvalue weighted by atomic mass is 9.96. The van der Waals surface area contributed by atoms with E-state index in [2.05, 4.69) is 15.5 Å². The van der Waals surface area contributed by atoms with E-state index in [0.29, 0.717) is 12.2 Å². The Balaban J connectivity index is 1.52. The molecule has 1 aromatic heterocycles. The van der Waals surface area contributed by atoms with Gasteiger partial charge in [-0.3, -0.25) is 14.7 Å². The van der Waals surface area contributed by atoms with Crippen molar-refractivity contribution in [2.45, 2.75) is 46.0 Å². The number of aromatic nitrogens is 2. The molecule has 26 heavy (non-hydrogen) atoms. The minimum atomic E-state index is -0.169. The molecule has 6 heteroatoms. The predicted molar refractivity (Wildman–Crippen MR) is 101 cm³/mol. The van der Waals surface area contributed by atoms with Gasteiger partial charge < -0.3 is 10.2 Å². The van der Waals surface area contributed by atoms with Crippen molar-refractivity contribution in [3.8, 4) is 0 Å². The Morgan fingerprint density at radius 3 is 2.81 bits per heavy atom. The summed E-state index contributed by atoms with van der Waals surface area (Å²) in [7, 11) is 0. The number of aromatic amines is 1. The van der Waals surface area contributed by atoms with E-state index in [0.717, 1.165) is 60.3 Å². The quantitative estimate of drug-likeness (QED) is 0.891. The van der Waals surface area contributed by atoms with Gasteiger partial charge in [0, 0.05) is 35.1 Å². The number of rotatable bonds is 3. The Morgan fingerprint density at radius 1 is 1.19 bits per heavy atom. The third kappa shape index (κ3) is 2.89. The molecule has 0 bridgehead atoms. The first kappa shape index (κ1) is 16.8. The second kappa shape index (κ2) is 6.59. The number of fused-ring (bicyclic) bond motifs is 2. The standard InChI is InChI=1S/C20H24N4O2/c1-12(2)20(26)24-10-9-13-11-14(7-8-17(13)24)21-19(25)18-15-5-3-4-6-16(15)22-23-18/h7-8,11-12H,3-6,9-10H2,1-2H3,(H,21,25)(H,22,23). The van der Waals surface area contributed by atoms with Crippen LogP contribution in [0.4, 0.5) is 11.4 Å². The van der Waals surface area contributed by atoms with Gasteiger partial charge in [-0.05, 0) is 55.9 Å². The molecular formula is C20H24N4O2. The molecule has 4 rings (SSSR count). The number of nitrogens with zero attached hydrogens (tertiary/aromatic N) is 2. The molecule has 136 valence electrons. The molecule has 0 spiro atoms. The Bertz CT molecular complexity index is 869. The van der Waals surface area contributed by atoms with E-state index in [4.69, 9.17) is 0 Å². The number of nitrogens with one attached hydrogen (secondary N) is 2. The topological polar surface area (TPSA) is 78.1 Å². The van der Waals surface area contributed by atoms with Crippen molar-refractivity contribution in [2.24, 2.45) is 5.92 Å². The van der Waals surface area contributed by atoms with Gasteiger partial charge in [-0.25, -0.2) is 0 Å². The zero-order valence-electron chi connectivity index (χ0n) is 15.3. The molecule has 0 radical (unpaired) electrons. The number of anilines is 2. The molecule has 2 aliphatic rings. The molecule has 0 saturated heterocycles. The molecule has 2 N–H and O–H groups in total. The van der Waals surface area contributed by atoms with Gasteiger partial charge in [-0.1, -0.05) is 13.8 Å². The molecular weight excluding hydrogens is 328 g/mol. The molecule has 2 aromatic rings. The van der Waals surface area contributed by atoms with Gasteiger partial charge in [0.05, 0.1) is 0 Å². The van der Waals surface area contributed by atoms with Gasteiger partial charge in [0.15, 0.2) is 5.69 Å². The maximum Gasteiger partial charge on any atom is 0.276 e. The van der Waals surface area contributed by atoms with Crippen LogP contribution in [0.2, 0.25) is 0 Å². The fourth-order valence-corrected chi connectivity index (χ4v) is 3.88. The van der Waals surface area contributed by atoms with Crippen molar-refractivity contribution in [3.05, 3.63) is 40.7 Å². The lowest BCUT2D eigenvalue weighted by Crippen LogP contribution is -2.32. The van der Waals surface area contributed by atoms with E-state index in [1.54, 1.807) is 0 Å². The highest BCUT2D eigenvalue weighted by atomic mass is 16.2. The highest BCUT2D eigenvalue weighted by Crippen LogP contribution is 2.32. The van der Waals surface area contributed by atoms with Crippen LogP contribution < -0.4 is 10.2 Å².